The van der Waals surface area contributed by atoms with Gasteiger partial charge >= 0.3 is 0 Å². The quantitative estimate of drug-likeness (QED) is 0.391. The van der Waals surface area contributed by atoms with Crippen LogP contribution >= 0.6 is 15.9 Å². The first-order valence-electron chi connectivity index (χ1n) is 9.67. The topological polar surface area (TPSA) is 50.4 Å². The van der Waals surface area contributed by atoms with Crippen LogP contribution in [0, 0.1) is 5.92 Å². The molecule has 0 aliphatic carbocycles. The summed E-state index contributed by atoms with van der Waals surface area (Å²) in [5.74, 6) is 1.18. The Bertz CT molecular complexity index is 941. The van der Waals surface area contributed by atoms with E-state index in [1.807, 2.05) is 60.7 Å². The van der Waals surface area contributed by atoms with Crippen LogP contribution in [0.25, 0.3) is 0 Å². The van der Waals surface area contributed by atoms with Crippen LogP contribution in [0.1, 0.15) is 30.6 Å². The van der Waals surface area contributed by atoms with Gasteiger partial charge in [0.15, 0.2) is 0 Å². The molecule has 0 atom stereocenters. The second kappa shape index (κ2) is 10.1. The van der Waals surface area contributed by atoms with Crippen molar-refractivity contribution < 1.29 is 9.53 Å². The third-order valence-electron chi connectivity index (χ3n) is 4.35. The first kappa shape index (κ1) is 20.9. The number of para-hydroxylation sites is 1. The Hall–Kier alpha value is -2.79. The Kier molecular flexibility index (Phi) is 7.30. The number of benzene rings is 3. The average Bonchev–Trinajstić information content (AvgIpc) is 2.71. The summed E-state index contributed by atoms with van der Waals surface area (Å²) < 4.78 is 6.55. The zero-order chi connectivity index (χ0) is 20.6. The molecule has 3 rings (SSSR count). The normalized spacial score (nSPS) is 10.6. The number of ether oxygens (including phenoxy) is 1. The van der Waals surface area contributed by atoms with Gasteiger partial charge in [0.1, 0.15) is 5.75 Å². The van der Waals surface area contributed by atoms with E-state index in [0.717, 1.165) is 33.7 Å². The summed E-state index contributed by atoms with van der Waals surface area (Å²) in [5.41, 5.74) is 3.28. The number of nitrogens with one attached hydrogen (secondary N) is 2. The molecule has 0 radical (unpaired) electrons. The van der Waals surface area contributed by atoms with Crippen LogP contribution in [0.15, 0.2) is 77.3 Å². The standard InChI is InChI=1S/C24H25BrN2O2/c1-17(2)14-15-29-23-13-8-18(16-22(23)25)24(28)27-21-11-9-20(10-12-21)26-19-6-4-3-5-7-19/h3-13,16-17,26H,14-15H2,1-2H3,(H,27,28). The lowest BCUT2D eigenvalue weighted by Gasteiger charge is -2.12. The Morgan fingerprint density at radius 1 is 0.931 bits per heavy atom. The third-order valence-corrected chi connectivity index (χ3v) is 4.97. The molecule has 29 heavy (non-hydrogen) atoms. The zero-order valence-corrected chi connectivity index (χ0v) is 18.2. The number of hydrogen-bond acceptors (Lipinski definition) is 3. The maximum atomic E-state index is 12.6. The van der Waals surface area contributed by atoms with E-state index >= 15 is 0 Å². The molecule has 3 aromatic carbocycles. The fourth-order valence-corrected chi connectivity index (χ4v) is 3.19. The van der Waals surface area contributed by atoms with Crippen molar-refractivity contribution in [2.75, 3.05) is 17.2 Å². The van der Waals surface area contributed by atoms with Crippen molar-refractivity contribution in [3.63, 3.8) is 0 Å². The fraction of sp³-hybridized carbons (Fsp3) is 0.208. The molecule has 5 heteroatoms. The summed E-state index contributed by atoms with van der Waals surface area (Å²) in [4.78, 5) is 12.6. The van der Waals surface area contributed by atoms with Crippen LogP contribution in [0.2, 0.25) is 0 Å². The monoisotopic (exact) mass is 452 g/mol. The van der Waals surface area contributed by atoms with Gasteiger partial charge in [0.05, 0.1) is 11.1 Å². The molecule has 0 saturated carbocycles. The van der Waals surface area contributed by atoms with Gasteiger partial charge in [-0.15, -0.1) is 0 Å². The van der Waals surface area contributed by atoms with Crippen molar-refractivity contribution in [1.29, 1.82) is 0 Å². The Labute approximate surface area is 180 Å². The minimum Gasteiger partial charge on any atom is -0.492 e. The zero-order valence-electron chi connectivity index (χ0n) is 16.6. The lowest BCUT2D eigenvalue weighted by atomic mass is 10.1. The van der Waals surface area contributed by atoms with E-state index in [1.54, 1.807) is 12.1 Å². The van der Waals surface area contributed by atoms with Gasteiger partial charge in [0.25, 0.3) is 5.91 Å². The highest BCUT2D eigenvalue weighted by Crippen LogP contribution is 2.27. The molecule has 0 unspecified atom stereocenters. The number of rotatable bonds is 8. The molecule has 0 aliphatic heterocycles. The van der Waals surface area contributed by atoms with Crippen LogP contribution in [-0.2, 0) is 0 Å². The SMILES string of the molecule is CC(C)CCOc1ccc(C(=O)Nc2ccc(Nc3ccccc3)cc2)cc1Br. The van der Waals surface area contributed by atoms with Gasteiger partial charge in [0.2, 0.25) is 0 Å². The van der Waals surface area contributed by atoms with Gasteiger partial charge < -0.3 is 15.4 Å². The molecule has 0 bridgehead atoms. The van der Waals surface area contributed by atoms with E-state index in [-0.39, 0.29) is 5.91 Å². The maximum absolute atomic E-state index is 12.6. The number of halogens is 1. The summed E-state index contributed by atoms with van der Waals surface area (Å²) >= 11 is 3.50. The Balaban J connectivity index is 1.59. The molecule has 150 valence electrons. The predicted octanol–water partition coefficient (Wildman–Crippen LogP) is 6.87. The summed E-state index contributed by atoms with van der Waals surface area (Å²) in [6.45, 7) is 4.98. The Morgan fingerprint density at radius 2 is 1.59 bits per heavy atom. The second-order valence-corrected chi connectivity index (χ2v) is 8.05. The van der Waals surface area contributed by atoms with Crippen LogP contribution < -0.4 is 15.4 Å². The molecule has 0 fully saturated rings. The van der Waals surface area contributed by atoms with Crippen LogP contribution in [0.4, 0.5) is 17.1 Å². The number of carbonyl (C=O) groups excluding carboxylic acids is 1. The summed E-state index contributed by atoms with van der Waals surface area (Å²) in [6.07, 6.45) is 0.990. The van der Waals surface area contributed by atoms with Crippen molar-refractivity contribution in [3.8, 4) is 5.75 Å². The van der Waals surface area contributed by atoms with E-state index in [2.05, 4.69) is 40.4 Å². The molecule has 4 nitrogen and oxygen atoms in total. The van der Waals surface area contributed by atoms with E-state index in [0.29, 0.717) is 18.1 Å². The lowest BCUT2D eigenvalue weighted by Crippen LogP contribution is -2.12. The first-order chi connectivity index (χ1) is 14.0. The van der Waals surface area contributed by atoms with Crippen molar-refractivity contribution in [2.45, 2.75) is 20.3 Å². The molecule has 0 heterocycles. The summed E-state index contributed by atoms with van der Waals surface area (Å²) in [6, 6.07) is 23.0. The molecular weight excluding hydrogens is 428 g/mol. The molecule has 0 aliphatic rings. The predicted molar refractivity (Wildman–Crippen MR) is 123 cm³/mol. The van der Waals surface area contributed by atoms with E-state index in [9.17, 15) is 4.79 Å². The van der Waals surface area contributed by atoms with E-state index in [1.165, 1.54) is 0 Å². The van der Waals surface area contributed by atoms with Crippen LogP contribution in [0.3, 0.4) is 0 Å². The highest BCUT2D eigenvalue weighted by Gasteiger charge is 2.10. The van der Waals surface area contributed by atoms with Crippen LogP contribution in [0.5, 0.6) is 5.75 Å². The van der Waals surface area contributed by atoms with Gasteiger partial charge in [-0.3, -0.25) is 4.79 Å². The van der Waals surface area contributed by atoms with Gasteiger partial charge in [-0.1, -0.05) is 32.0 Å². The molecular formula is C24H25BrN2O2. The van der Waals surface area contributed by atoms with Gasteiger partial charge in [-0.25, -0.2) is 0 Å². The second-order valence-electron chi connectivity index (χ2n) is 7.20. The molecule has 0 aromatic heterocycles. The van der Waals surface area contributed by atoms with E-state index < -0.39 is 0 Å². The fourth-order valence-electron chi connectivity index (χ4n) is 2.69. The summed E-state index contributed by atoms with van der Waals surface area (Å²) in [7, 11) is 0. The Morgan fingerprint density at radius 3 is 2.24 bits per heavy atom. The van der Waals surface area contributed by atoms with Gasteiger partial charge in [-0.05, 0) is 82.9 Å². The highest BCUT2D eigenvalue weighted by atomic mass is 79.9. The highest BCUT2D eigenvalue weighted by molar-refractivity contribution is 9.10. The molecule has 1 amide bonds. The van der Waals surface area contributed by atoms with Crippen molar-refractivity contribution in [1.82, 2.24) is 0 Å². The maximum Gasteiger partial charge on any atom is 0.255 e. The molecule has 0 spiro atoms. The first-order valence-corrected chi connectivity index (χ1v) is 10.5. The minimum atomic E-state index is -0.164. The van der Waals surface area contributed by atoms with Crippen LogP contribution in [-0.4, -0.2) is 12.5 Å². The van der Waals surface area contributed by atoms with Crippen molar-refractivity contribution >= 4 is 38.9 Å². The number of hydrogen-bond donors (Lipinski definition) is 2. The third kappa shape index (κ3) is 6.36. The molecule has 0 saturated heterocycles. The smallest absolute Gasteiger partial charge is 0.255 e. The molecule has 3 aromatic rings. The number of carbonyl (C=O) groups is 1. The largest absolute Gasteiger partial charge is 0.492 e. The molecule has 2 N–H and O–H groups in total. The van der Waals surface area contributed by atoms with Crippen molar-refractivity contribution in [2.24, 2.45) is 5.92 Å². The minimum absolute atomic E-state index is 0.164. The van der Waals surface area contributed by atoms with Gasteiger partial charge in [0, 0.05) is 22.6 Å². The van der Waals surface area contributed by atoms with E-state index in [4.69, 9.17) is 4.74 Å². The number of amides is 1. The number of anilines is 3. The average molecular weight is 453 g/mol. The van der Waals surface area contributed by atoms with Crippen molar-refractivity contribution in [3.05, 3.63) is 82.8 Å². The lowest BCUT2D eigenvalue weighted by molar-refractivity contribution is 0.102. The van der Waals surface area contributed by atoms with Gasteiger partial charge in [-0.2, -0.15) is 0 Å². The summed E-state index contributed by atoms with van der Waals surface area (Å²) in [5, 5.41) is 6.25.